The van der Waals surface area contributed by atoms with Gasteiger partial charge in [0, 0.05) is 0 Å². The average molecular weight is 412 g/mol. The molecule has 1 heterocycles. The van der Waals surface area contributed by atoms with Crippen molar-refractivity contribution in [3.8, 4) is 17.2 Å². The van der Waals surface area contributed by atoms with Crippen LogP contribution in [0.25, 0.3) is 6.08 Å². The summed E-state index contributed by atoms with van der Waals surface area (Å²) in [6.07, 6.45) is 1.53. The summed E-state index contributed by atoms with van der Waals surface area (Å²) < 4.78 is 0. The first kappa shape index (κ1) is 18.4. The Bertz CT molecular complexity index is 937. The van der Waals surface area contributed by atoms with Crippen molar-refractivity contribution in [3.05, 3.63) is 56.4 Å². The molecule has 0 aromatic heterocycles. The second kappa shape index (κ2) is 7.11. The fourth-order valence-corrected chi connectivity index (χ4v) is 3.47. The molecule has 0 unspecified atom stereocenters. The number of hydrogen-bond donors (Lipinski definition) is 3. The van der Waals surface area contributed by atoms with E-state index in [0.717, 1.165) is 16.7 Å². The van der Waals surface area contributed by atoms with E-state index in [4.69, 9.17) is 23.2 Å². The van der Waals surface area contributed by atoms with Crippen molar-refractivity contribution in [2.45, 2.75) is 6.54 Å². The molecule has 1 aliphatic heterocycles. The van der Waals surface area contributed by atoms with Gasteiger partial charge in [0.15, 0.2) is 17.2 Å². The third-order valence-corrected chi connectivity index (χ3v) is 5.23. The molecule has 0 spiro atoms. The lowest BCUT2D eigenvalue weighted by atomic mass is 10.1. The van der Waals surface area contributed by atoms with E-state index in [2.05, 4.69) is 0 Å². The first-order valence-corrected chi connectivity index (χ1v) is 8.77. The molecule has 1 fully saturated rings. The van der Waals surface area contributed by atoms with Gasteiger partial charge in [-0.3, -0.25) is 14.5 Å². The number of amides is 2. The van der Waals surface area contributed by atoms with Gasteiger partial charge in [-0.1, -0.05) is 29.3 Å². The number of nitrogens with zero attached hydrogens (tertiary/aromatic N) is 1. The number of rotatable bonds is 3. The van der Waals surface area contributed by atoms with Gasteiger partial charge in [0.05, 0.1) is 21.5 Å². The van der Waals surface area contributed by atoms with E-state index < -0.39 is 28.4 Å². The lowest BCUT2D eigenvalue weighted by Gasteiger charge is -2.13. The van der Waals surface area contributed by atoms with E-state index in [9.17, 15) is 24.9 Å². The molecule has 0 radical (unpaired) electrons. The molecular formula is C17H11Cl2NO5S. The quantitative estimate of drug-likeness (QED) is 0.512. The van der Waals surface area contributed by atoms with Gasteiger partial charge in [-0.05, 0) is 53.2 Å². The van der Waals surface area contributed by atoms with E-state index in [0.29, 0.717) is 15.6 Å². The highest BCUT2D eigenvalue weighted by Gasteiger charge is 2.35. The highest BCUT2D eigenvalue weighted by Crippen LogP contribution is 2.38. The predicted molar refractivity (Wildman–Crippen MR) is 99.4 cm³/mol. The smallest absolute Gasteiger partial charge is 0.293 e. The van der Waals surface area contributed by atoms with E-state index >= 15 is 0 Å². The van der Waals surface area contributed by atoms with Gasteiger partial charge in [-0.15, -0.1) is 0 Å². The van der Waals surface area contributed by atoms with Crippen LogP contribution in [-0.2, 0) is 11.3 Å². The fraction of sp³-hybridized carbons (Fsp3) is 0.0588. The molecule has 2 aromatic rings. The van der Waals surface area contributed by atoms with Crippen molar-refractivity contribution >= 4 is 52.2 Å². The predicted octanol–water partition coefficient (Wildman–Crippen LogP) is 4.35. The highest BCUT2D eigenvalue weighted by atomic mass is 35.5. The summed E-state index contributed by atoms with van der Waals surface area (Å²) in [5.74, 6) is -2.27. The van der Waals surface area contributed by atoms with Gasteiger partial charge in [0.1, 0.15) is 0 Å². The molecule has 1 saturated heterocycles. The zero-order chi connectivity index (χ0) is 19.0. The Hall–Kier alpha value is -2.35. The molecule has 0 bridgehead atoms. The zero-order valence-corrected chi connectivity index (χ0v) is 15.3. The van der Waals surface area contributed by atoms with Crippen molar-refractivity contribution in [2.24, 2.45) is 0 Å². The first-order valence-electron chi connectivity index (χ1n) is 7.20. The molecule has 0 saturated carbocycles. The maximum atomic E-state index is 12.5. The van der Waals surface area contributed by atoms with Crippen LogP contribution in [-0.4, -0.2) is 31.4 Å². The maximum absolute atomic E-state index is 12.5. The Morgan fingerprint density at radius 1 is 1.00 bits per heavy atom. The number of aromatic hydroxyl groups is 3. The van der Waals surface area contributed by atoms with Crippen LogP contribution < -0.4 is 0 Å². The van der Waals surface area contributed by atoms with Gasteiger partial charge < -0.3 is 15.3 Å². The Kier molecular flexibility index (Phi) is 5.04. The molecule has 3 rings (SSSR count). The number of phenolic OH excluding ortho intramolecular Hbond substituents is 3. The minimum Gasteiger partial charge on any atom is -0.504 e. The van der Waals surface area contributed by atoms with Gasteiger partial charge in [-0.25, -0.2) is 0 Å². The van der Waals surface area contributed by atoms with Crippen LogP contribution >= 0.6 is 35.0 Å². The fourth-order valence-electron chi connectivity index (χ4n) is 2.32. The normalized spacial score (nSPS) is 15.9. The molecule has 0 aliphatic carbocycles. The summed E-state index contributed by atoms with van der Waals surface area (Å²) in [4.78, 5) is 25.8. The number of imide groups is 1. The SMILES string of the molecule is O=C1SC(=Cc2ccc(Cl)c(Cl)c2)C(=O)N1Cc1cc(O)c(O)c(O)c1. The molecule has 1 aliphatic rings. The minimum absolute atomic E-state index is 0.162. The second-order valence-corrected chi connectivity index (χ2v) is 7.23. The van der Waals surface area contributed by atoms with Crippen LogP contribution in [0, 0.1) is 0 Å². The Morgan fingerprint density at radius 2 is 1.65 bits per heavy atom. The monoisotopic (exact) mass is 411 g/mol. The van der Waals surface area contributed by atoms with E-state index in [1.807, 2.05) is 0 Å². The first-order chi connectivity index (χ1) is 12.3. The van der Waals surface area contributed by atoms with Crippen LogP contribution in [0.5, 0.6) is 17.2 Å². The van der Waals surface area contributed by atoms with Gasteiger partial charge in [0.25, 0.3) is 11.1 Å². The largest absolute Gasteiger partial charge is 0.504 e. The summed E-state index contributed by atoms with van der Waals surface area (Å²) in [7, 11) is 0. The molecule has 134 valence electrons. The summed E-state index contributed by atoms with van der Waals surface area (Å²) in [6.45, 7) is -0.162. The highest BCUT2D eigenvalue weighted by molar-refractivity contribution is 8.18. The van der Waals surface area contributed by atoms with Gasteiger partial charge in [0.2, 0.25) is 0 Å². The molecule has 2 aromatic carbocycles. The molecule has 2 amide bonds. The van der Waals surface area contributed by atoms with Crippen LogP contribution in [0.3, 0.4) is 0 Å². The van der Waals surface area contributed by atoms with E-state index in [1.165, 1.54) is 18.2 Å². The van der Waals surface area contributed by atoms with Crippen LogP contribution in [0.1, 0.15) is 11.1 Å². The van der Waals surface area contributed by atoms with Crippen molar-refractivity contribution in [1.29, 1.82) is 0 Å². The summed E-state index contributed by atoms with van der Waals surface area (Å²) >= 11 is 12.6. The van der Waals surface area contributed by atoms with Crippen molar-refractivity contribution in [1.82, 2.24) is 4.90 Å². The van der Waals surface area contributed by atoms with E-state index in [-0.39, 0.29) is 17.0 Å². The number of benzene rings is 2. The number of carbonyl (C=O) groups excluding carboxylic acids is 2. The Balaban J connectivity index is 1.85. The average Bonchev–Trinajstić information content (AvgIpc) is 2.83. The van der Waals surface area contributed by atoms with Crippen LogP contribution in [0.4, 0.5) is 4.79 Å². The van der Waals surface area contributed by atoms with Crippen molar-refractivity contribution in [2.75, 3.05) is 0 Å². The summed E-state index contributed by atoms with van der Waals surface area (Å²) in [5, 5.41) is 28.7. The third kappa shape index (κ3) is 3.60. The minimum atomic E-state index is -0.664. The van der Waals surface area contributed by atoms with Crippen molar-refractivity contribution in [3.63, 3.8) is 0 Å². The third-order valence-electron chi connectivity index (χ3n) is 3.59. The molecule has 3 N–H and O–H groups in total. The van der Waals surface area contributed by atoms with Crippen LogP contribution in [0.15, 0.2) is 35.2 Å². The lowest BCUT2D eigenvalue weighted by molar-refractivity contribution is -0.123. The van der Waals surface area contributed by atoms with Gasteiger partial charge in [-0.2, -0.15) is 0 Å². The molecule has 9 heteroatoms. The standard InChI is InChI=1S/C17H11Cl2NO5S/c18-10-2-1-8(3-11(10)19)6-14-16(24)20(17(25)26-14)7-9-4-12(21)15(23)13(22)5-9/h1-6,21-23H,7H2. The van der Waals surface area contributed by atoms with Crippen LogP contribution in [0.2, 0.25) is 10.0 Å². The number of halogens is 2. The second-order valence-electron chi connectivity index (χ2n) is 5.42. The number of hydrogen-bond acceptors (Lipinski definition) is 6. The topological polar surface area (TPSA) is 98.1 Å². The van der Waals surface area contributed by atoms with Gasteiger partial charge >= 0.3 is 0 Å². The zero-order valence-electron chi connectivity index (χ0n) is 12.9. The van der Waals surface area contributed by atoms with E-state index in [1.54, 1.807) is 18.2 Å². The lowest BCUT2D eigenvalue weighted by Crippen LogP contribution is -2.27. The molecular weight excluding hydrogens is 401 g/mol. The maximum Gasteiger partial charge on any atom is 0.293 e. The number of carbonyl (C=O) groups is 2. The summed E-state index contributed by atoms with van der Waals surface area (Å²) in [6, 6.07) is 7.16. The van der Waals surface area contributed by atoms with Crippen molar-refractivity contribution < 1.29 is 24.9 Å². The number of thioether (sulfide) groups is 1. The molecule has 6 nitrogen and oxygen atoms in total. The molecule has 26 heavy (non-hydrogen) atoms. The molecule has 0 atom stereocenters. The number of phenols is 3. The Morgan fingerprint density at radius 3 is 2.27 bits per heavy atom. The summed E-state index contributed by atoms with van der Waals surface area (Å²) in [5.41, 5.74) is 0.903. The Labute approximate surface area is 162 Å².